The third-order valence-corrected chi connectivity index (χ3v) is 4.65. The van der Waals surface area contributed by atoms with E-state index in [2.05, 4.69) is 12.2 Å². The molecular weight excluding hydrogens is 282 g/mol. The van der Waals surface area contributed by atoms with Crippen molar-refractivity contribution >= 4 is 0 Å². The largest absolute Gasteiger partial charge is 0.392 e. The Morgan fingerprint density at radius 2 is 0.957 bits per heavy atom. The van der Waals surface area contributed by atoms with Crippen molar-refractivity contribution in [2.75, 3.05) is 13.1 Å². The van der Waals surface area contributed by atoms with Crippen molar-refractivity contribution in [2.24, 2.45) is 0 Å². The maximum atomic E-state index is 9.12. The molecule has 1 atom stereocenters. The first-order valence-electron chi connectivity index (χ1n) is 10.7. The van der Waals surface area contributed by atoms with Crippen molar-refractivity contribution < 1.29 is 5.11 Å². The van der Waals surface area contributed by atoms with E-state index >= 15 is 0 Å². The molecule has 0 aliphatic carbocycles. The van der Waals surface area contributed by atoms with Crippen LogP contribution in [0.3, 0.4) is 0 Å². The van der Waals surface area contributed by atoms with Crippen LogP contribution in [0.5, 0.6) is 0 Å². The maximum Gasteiger partial charge on any atom is 0.0636 e. The van der Waals surface area contributed by atoms with E-state index in [-0.39, 0.29) is 6.10 Å². The van der Waals surface area contributed by atoms with Crippen LogP contribution >= 0.6 is 0 Å². The van der Waals surface area contributed by atoms with Gasteiger partial charge in [0.25, 0.3) is 0 Å². The summed E-state index contributed by atoms with van der Waals surface area (Å²) in [5.74, 6) is 0. The monoisotopic (exact) mass is 327 g/mol. The van der Waals surface area contributed by atoms with E-state index in [1.165, 1.54) is 103 Å². The van der Waals surface area contributed by atoms with E-state index in [1.54, 1.807) is 0 Å². The molecule has 0 aliphatic rings. The molecule has 23 heavy (non-hydrogen) atoms. The van der Waals surface area contributed by atoms with E-state index in [0.717, 1.165) is 13.1 Å². The molecule has 0 bridgehead atoms. The van der Waals surface area contributed by atoms with Crippen molar-refractivity contribution in [3.8, 4) is 0 Å². The van der Waals surface area contributed by atoms with Crippen LogP contribution in [0.15, 0.2) is 0 Å². The molecule has 0 amide bonds. The molecule has 0 spiro atoms. The molecule has 0 radical (unpaired) electrons. The molecule has 1 unspecified atom stereocenters. The molecule has 0 rings (SSSR count). The van der Waals surface area contributed by atoms with Gasteiger partial charge in [-0.05, 0) is 19.9 Å². The van der Waals surface area contributed by atoms with Crippen LogP contribution in [-0.2, 0) is 0 Å². The minimum atomic E-state index is -0.212. The van der Waals surface area contributed by atoms with Crippen LogP contribution < -0.4 is 5.32 Å². The Hall–Kier alpha value is -0.0800. The van der Waals surface area contributed by atoms with Gasteiger partial charge in [0.05, 0.1) is 6.10 Å². The van der Waals surface area contributed by atoms with Gasteiger partial charge < -0.3 is 10.4 Å². The summed E-state index contributed by atoms with van der Waals surface area (Å²) in [5, 5.41) is 12.4. The topological polar surface area (TPSA) is 32.3 Å². The Kier molecular flexibility index (Phi) is 19.9. The Labute approximate surface area is 146 Å². The van der Waals surface area contributed by atoms with Gasteiger partial charge in [0.2, 0.25) is 0 Å². The second-order valence-corrected chi connectivity index (χ2v) is 7.36. The number of aliphatic hydroxyl groups is 1. The predicted molar refractivity (Wildman–Crippen MR) is 104 cm³/mol. The molecule has 0 fully saturated rings. The Morgan fingerprint density at radius 3 is 1.30 bits per heavy atom. The number of nitrogens with one attached hydrogen (secondary N) is 1. The van der Waals surface area contributed by atoms with E-state index < -0.39 is 0 Å². The van der Waals surface area contributed by atoms with Gasteiger partial charge in [-0.3, -0.25) is 0 Å². The summed E-state index contributed by atoms with van der Waals surface area (Å²) in [6.07, 6.45) is 22.5. The van der Waals surface area contributed by atoms with Gasteiger partial charge in [0, 0.05) is 6.54 Å². The molecule has 0 saturated carbocycles. The fraction of sp³-hybridized carbons (Fsp3) is 1.00. The molecule has 0 aromatic heterocycles. The molecule has 2 heteroatoms. The number of hydrogen-bond acceptors (Lipinski definition) is 2. The van der Waals surface area contributed by atoms with Crippen molar-refractivity contribution in [3.05, 3.63) is 0 Å². The highest BCUT2D eigenvalue weighted by molar-refractivity contribution is 4.54. The number of rotatable bonds is 19. The van der Waals surface area contributed by atoms with Gasteiger partial charge in [0.15, 0.2) is 0 Å². The quantitative estimate of drug-likeness (QED) is 0.276. The lowest BCUT2D eigenvalue weighted by Gasteiger charge is -2.06. The number of hydrogen-bond donors (Lipinski definition) is 2. The molecule has 0 aliphatic heterocycles. The number of aliphatic hydroxyl groups excluding tert-OH is 1. The summed E-state index contributed by atoms with van der Waals surface area (Å²) in [4.78, 5) is 0. The normalized spacial score (nSPS) is 12.7. The molecule has 0 aromatic rings. The van der Waals surface area contributed by atoms with Crippen LogP contribution in [0.1, 0.15) is 117 Å². The molecule has 2 nitrogen and oxygen atoms in total. The number of unbranched alkanes of at least 4 members (excludes halogenated alkanes) is 15. The molecule has 0 aromatic carbocycles. The van der Waals surface area contributed by atoms with Crippen LogP contribution in [-0.4, -0.2) is 24.3 Å². The highest BCUT2D eigenvalue weighted by Gasteiger charge is 1.96. The predicted octanol–water partition coefficient (Wildman–Crippen LogP) is 6.22. The molecular formula is C21H45NO. The zero-order valence-corrected chi connectivity index (χ0v) is 16.3. The summed E-state index contributed by atoms with van der Waals surface area (Å²) in [6, 6.07) is 0. The van der Waals surface area contributed by atoms with Gasteiger partial charge in [-0.15, -0.1) is 0 Å². The van der Waals surface area contributed by atoms with E-state index in [1.807, 2.05) is 6.92 Å². The fourth-order valence-electron chi connectivity index (χ4n) is 3.11. The lowest BCUT2D eigenvalue weighted by Crippen LogP contribution is -2.25. The van der Waals surface area contributed by atoms with Crippen molar-refractivity contribution in [1.82, 2.24) is 5.32 Å². The standard InChI is InChI=1S/C21H45NO/c1-3-4-5-6-7-8-9-10-11-12-13-14-15-16-17-18-19-22-20-21(2)23/h21-23H,3-20H2,1-2H3. The zero-order chi connectivity index (χ0) is 17.0. The van der Waals surface area contributed by atoms with Crippen molar-refractivity contribution in [1.29, 1.82) is 0 Å². The lowest BCUT2D eigenvalue weighted by molar-refractivity contribution is 0.191. The molecule has 140 valence electrons. The molecule has 0 saturated heterocycles. The lowest BCUT2D eigenvalue weighted by atomic mass is 10.0. The SMILES string of the molecule is CCCCCCCCCCCCCCCCCCNCC(C)O. The first-order valence-corrected chi connectivity index (χ1v) is 10.7. The minimum absolute atomic E-state index is 0.212. The minimum Gasteiger partial charge on any atom is -0.392 e. The zero-order valence-electron chi connectivity index (χ0n) is 16.3. The second-order valence-electron chi connectivity index (χ2n) is 7.36. The Bertz CT molecular complexity index is 206. The van der Waals surface area contributed by atoms with Gasteiger partial charge in [-0.25, -0.2) is 0 Å². The highest BCUT2D eigenvalue weighted by Crippen LogP contribution is 2.13. The van der Waals surface area contributed by atoms with E-state index in [0.29, 0.717) is 0 Å². The fourth-order valence-corrected chi connectivity index (χ4v) is 3.11. The first kappa shape index (κ1) is 22.9. The van der Waals surface area contributed by atoms with Crippen LogP contribution in [0.2, 0.25) is 0 Å². The third-order valence-electron chi connectivity index (χ3n) is 4.65. The smallest absolute Gasteiger partial charge is 0.0636 e. The van der Waals surface area contributed by atoms with E-state index in [9.17, 15) is 0 Å². The molecule has 0 heterocycles. The summed E-state index contributed by atoms with van der Waals surface area (Å²) < 4.78 is 0. The highest BCUT2D eigenvalue weighted by atomic mass is 16.3. The third kappa shape index (κ3) is 21.9. The molecule has 2 N–H and O–H groups in total. The van der Waals surface area contributed by atoms with Gasteiger partial charge in [-0.1, -0.05) is 103 Å². The van der Waals surface area contributed by atoms with Crippen molar-refractivity contribution in [3.63, 3.8) is 0 Å². The van der Waals surface area contributed by atoms with Gasteiger partial charge >= 0.3 is 0 Å². The van der Waals surface area contributed by atoms with Crippen LogP contribution in [0, 0.1) is 0 Å². The van der Waals surface area contributed by atoms with E-state index in [4.69, 9.17) is 5.11 Å². The summed E-state index contributed by atoms with van der Waals surface area (Å²) >= 11 is 0. The van der Waals surface area contributed by atoms with Crippen molar-refractivity contribution in [2.45, 2.75) is 123 Å². The average molecular weight is 328 g/mol. The second kappa shape index (κ2) is 20.0. The van der Waals surface area contributed by atoms with Gasteiger partial charge in [0.1, 0.15) is 0 Å². The van der Waals surface area contributed by atoms with Crippen LogP contribution in [0.25, 0.3) is 0 Å². The van der Waals surface area contributed by atoms with Crippen LogP contribution in [0.4, 0.5) is 0 Å². The maximum absolute atomic E-state index is 9.12. The summed E-state index contributed by atoms with van der Waals surface area (Å²) in [6.45, 7) is 5.92. The summed E-state index contributed by atoms with van der Waals surface area (Å²) in [7, 11) is 0. The van der Waals surface area contributed by atoms with Gasteiger partial charge in [-0.2, -0.15) is 0 Å². The first-order chi connectivity index (χ1) is 11.3. The average Bonchev–Trinajstić information content (AvgIpc) is 2.53. The Morgan fingerprint density at radius 1 is 0.609 bits per heavy atom. The Balaban J connectivity index is 2.95. The summed E-state index contributed by atoms with van der Waals surface area (Å²) in [5.41, 5.74) is 0.